The molecule has 0 aliphatic carbocycles. The Kier molecular flexibility index (Phi) is 3.10. The van der Waals surface area contributed by atoms with E-state index in [9.17, 15) is 9.18 Å². The Morgan fingerprint density at radius 3 is 2.43 bits per heavy atom. The number of aldehydes is 1. The fourth-order valence-corrected chi connectivity index (χ4v) is 2.12. The summed E-state index contributed by atoms with van der Waals surface area (Å²) in [5.41, 5.74) is 0.485. The van der Waals surface area contributed by atoms with Gasteiger partial charge in [-0.1, -0.05) is 15.9 Å². The van der Waals surface area contributed by atoms with Crippen LogP contribution in [0.5, 0.6) is 0 Å². The molecule has 0 unspecified atom stereocenters. The van der Waals surface area contributed by atoms with E-state index in [1.54, 1.807) is 20.8 Å². The maximum atomic E-state index is 13.6. The molecule has 1 aromatic rings. The predicted molar refractivity (Wildman–Crippen MR) is 57.9 cm³/mol. The highest BCUT2D eigenvalue weighted by Crippen LogP contribution is 2.29. The number of hydrogen-bond donors (Lipinski definition) is 0. The van der Waals surface area contributed by atoms with Crippen molar-refractivity contribution in [2.24, 2.45) is 0 Å². The smallest absolute Gasteiger partial charge is 0.130 e. The first-order valence-electron chi connectivity index (χ1n) is 4.31. The third kappa shape index (κ3) is 2.03. The lowest BCUT2D eigenvalue weighted by Gasteiger charge is -2.21. The van der Waals surface area contributed by atoms with Gasteiger partial charge >= 0.3 is 0 Å². The van der Waals surface area contributed by atoms with Crippen LogP contribution < -0.4 is 0 Å². The van der Waals surface area contributed by atoms with Crippen molar-refractivity contribution in [3.05, 3.63) is 33.5 Å². The Balaban J connectivity index is 3.42. The average molecular weight is 259 g/mol. The van der Waals surface area contributed by atoms with Crippen molar-refractivity contribution in [1.82, 2.24) is 0 Å². The molecule has 0 bridgehead atoms. The zero-order chi connectivity index (χ0) is 10.9. The molecule has 0 N–H and O–H groups in total. The van der Waals surface area contributed by atoms with Gasteiger partial charge in [0.15, 0.2) is 0 Å². The Morgan fingerprint density at radius 1 is 1.43 bits per heavy atom. The van der Waals surface area contributed by atoms with Crippen molar-refractivity contribution in [3.63, 3.8) is 0 Å². The minimum atomic E-state index is -0.769. The zero-order valence-electron chi connectivity index (χ0n) is 8.40. The topological polar surface area (TPSA) is 17.1 Å². The van der Waals surface area contributed by atoms with Crippen molar-refractivity contribution in [1.29, 1.82) is 0 Å². The third-order valence-corrected chi connectivity index (χ3v) is 2.65. The van der Waals surface area contributed by atoms with Crippen LogP contribution in [0.15, 0.2) is 16.6 Å². The summed E-state index contributed by atoms with van der Waals surface area (Å²) in [6.07, 6.45) is 0.770. The molecule has 0 amide bonds. The highest BCUT2D eigenvalue weighted by Gasteiger charge is 2.25. The van der Waals surface area contributed by atoms with Gasteiger partial charge in [0.2, 0.25) is 0 Å². The molecular weight excluding hydrogens is 247 g/mol. The van der Waals surface area contributed by atoms with E-state index in [1.807, 2.05) is 6.07 Å². The van der Waals surface area contributed by atoms with E-state index >= 15 is 0 Å². The second kappa shape index (κ2) is 3.81. The molecule has 0 aliphatic heterocycles. The van der Waals surface area contributed by atoms with Crippen LogP contribution in [0.3, 0.4) is 0 Å². The summed E-state index contributed by atoms with van der Waals surface area (Å²) in [4.78, 5) is 10.8. The Bertz CT molecular complexity index is 349. The summed E-state index contributed by atoms with van der Waals surface area (Å²) in [5, 5.41) is 0. The summed E-state index contributed by atoms with van der Waals surface area (Å²) in [5.74, 6) is -0.339. The van der Waals surface area contributed by atoms with Crippen LogP contribution in [0.2, 0.25) is 0 Å². The zero-order valence-corrected chi connectivity index (χ0v) is 9.98. The Morgan fingerprint density at radius 2 is 2.00 bits per heavy atom. The van der Waals surface area contributed by atoms with Crippen LogP contribution in [0, 0.1) is 12.7 Å². The molecular formula is C11H12BrFO. The second-order valence-corrected chi connectivity index (χ2v) is 4.83. The number of halogens is 2. The predicted octanol–water partition coefficient (Wildman–Crippen LogP) is 3.37. The minimum absolute atomic E-state index is 0.339. The van der Waals surface area contributed by atoms with Gasteiger partial charge in [-0.3, -0.25) is 0 Å². The van der Waals surface area contributed by atoms with Gasteiger partial charge in [0.05, 0.1) is 0 Å². The molecule has 0 atom stereocenters. The first kappa shape index (κ1) is 11.4. The Labute approximate surface area is 91.5 Å². The highest BCUT2D eigenvalue weighted by atomic mass is 79.9. The first-order chi connectivity index (χ1) is 6.38. The largest absolute Gasteiger partial charge is 0.302 e. The van der Waals surface area contributed by atoms with Crippen LogP contribution >= 0.6 is 15.9 Å². The summed E-state index contributed by atoms with van der Waals surface area (Å²) in [6, 6.07) is 3.19. The van der Waals surface area contributed by atoms with Crippen LogP contribution in [-0.4, -0.2) is 6.29 Å². The lowest BCUT2D eigenvalue weighted by molar-refractivity contribution is -0.111. The number of carbonyl (C=O) groups is 1. The Hall–Kier alpha value is -0.700. The maximum absolute atomic E-state index is 13.6. The molecule has 0 fully saturated rings. The summed E-state index contributed by atoms with van der Waals surface area (Å²) < 4.78 is 14.3. The van der Waals surface area contributed by atoms with E-state index in [1.165, 1.54) is 6.07 Å². The van der Waals surface area contributed by atoms with Gasteiger partial charge in [0.25, 0.3) is 0 Å². The van der Waals surface area contributed by atoms with Crippen molar-refractivity contribution in [3.8, 4) is 0 Å². The number of aryl methyl sites for hydroxylation is 1. The van der Waals surface area contributed by atoms with Gasteiger partial charge in [0.1, 0.15) is 12.1 Å². The fraction of sp³-hybridized carbons (Fsp3) is 0.364. The molecule has 76 valence electrons. The second-order valence-electron chi connectivity index (χ2n) is 3.92. The standard InChI is InChI=1S/C11H12BrFO/c1-7-4-8(12)5-9(13)10(7)11(2,3)6-14/h4-6H,1-3H3. The molecule has 1 aromatic carbocycles. The van der Waals surface area contributed by atoms with Gasteiger partial charge in [-0.15, -0.1) is 0 Å². The van der Waals surface area contributed by atoms with Gasteiger partial charge in [-0.2, -0.15) is 0 Å². The molecule has 0 aliphatic rings. The van der Waals surface area contributed by atoms with E-state index in [0.717, 1.165) is 11.8 Å². The molecule has 1 nitrogen and oxygen atoms in total. The molecule has 0 saturated carbocycles. The quantitative estimate of drug-likeness (QED) is 0.744. The van der Waals surface area contributed by atoms with Crippen LogP contribution in [0.1, 0.15) is 25.0 Å². The molecule has 0 spiro atoms. The lowest BCUT2D eigenvalue weighted by Crippen LogP contribution is -2.22. The summed E-state index contributed by atoms with van der Waals surface area (Å²) in [7, 11) is 0. The van der Waals surface area contributed by atoms with Crippen LogP contribution in [0.25, 0.3) is 0 Å². The number of rotatable bonds is 2. The third-order valence-electron chi connectivity index (χ3n) is 2.19. The van der Waals surface area contributed by atoms with E-state index in [-0.39, 0.29) is 5.82 Å². The number of hydrogen-bond acceptors (Lipinski definition) is 1. The number of benzene rings is 1. The lowest BCUT2D eigenvalue weighted by atomic mass is 9.83. The van der Waals surface area contributed by atoms with E-state index in [2.05, 4.69) is 15.9 Å². The van der Waals surface area contributed by atoms with Gasteiger partial charge in [-0.25, -0.2) is 4.39 Å². The van der Waals surface area contributed by atoms with Gasteiger partial charge in [-0.05, 0) is 38.5 Å². The molecule has 14 heavy (non-hydrogen) atoms. The van der Waals surface area contributed by atoms with E-state index in [4.69, 9.17) is 0 Å². The summed E-state index contributed by atoms with van der Waals surface area (Å²) in [6.45, 7) is 5.22. The SMILES string of the molecule is Cc1cc(Br)cc(F)c1C(C)(C)C=O. The highest BCUT2D eigenvalue weighted by molar-refractivity contribution is 9.10. The average Bonchev–Trinajstić information content (AvgIpc) is 2.01. The van der Waals surface area contributed by atoms with E-state index < -0.39 is 5.41 Å². The normalized spacial score (nSPS) is 11.5. The monoisotopic (exact) mass is 258 g/mol. The van der Waals surface area contributed by atoms with Crippen molar-refractivity contribution >= 4 is 22.2 Å². The molecule has 0 radical (unpaired) electrons. The first-order valence-corrected chi connectivity index (χ1v) is 5.10. The minimum Gasteiger partial charge on any atom is -0.302 e. The molecule has 0 heterocycles. The molecule has 0 saturated heterocycles. The van der Waals surface area contributed by atoms with Crippen molar-refractivity contribution in [2.45, 2.75) is 26.2 Å². The van der Waals surface area contributed by atoms with Crippen LogP contribution in [0.4, 0.5) is 4.39 Å². The molecule has 0 aromatic heterocycles. The van der Waals surface area contributed by atoms with Crippen LogP contribution in [-0.2, 0) is 10.2 Å². The van der Waals surface area contributed by atoms with Gasteiger partial charge < -0.3 is 4.79 Å². The van der Waals surface area contributed by atoms with Crippen molar-refractivity contribution < 1.29 is 9.18 Å². The van der Waals surface area contributed by atoms with E-state index in [0.29, 0.717) is 10.0 Å². The number of carbonyl (C=O) groups excluding carboxylic acids is 1. The maximum Gasteiger partial charge on any atom is 0.130 e. The van der Waals surface area contributed by atoms with Gasteiger partial charge in [0, 0.05) is 15.5 Å². The van der Waals surface area contributed by atoms with Crippen molar-refractivity contribution in [2.75, 3.05) is 0 Å². The fourth-order valence-electron chi connectivity index (χ4n) is 1.58. The summed E-state index contributed by atoms with van der Waals surface area (Å²) >= 11 is 3.21. The molecule has 1 rings (SSSR count). The molecule has 3 heteroatoms.